The minimum atomic E-state index is -3.75. The first-order chi connectivity index (χ1) is 13.1. The number of anilines is 1. The zero-order valence-electron chi connectivity index (χ0n) is 14.0. The zero-order valence-corrected chi connectivity index (χ0v) is 14.9. The molecule has 132 valence electrons. The number of rotatable bonds is 3. The third-order valence-electron chi connectivity index (χ3n) is 4.57. The molecule has 2 N–H and O–H groups in total. The summed E-state index contributed by atoms with van der Waals surface area (Å²) in [5.41, 5.74) is 3.02. The fourth-order valence-electron chi connectivity index (χ4n) is 3.28. The van der Waals surface area contributed by atoms with Gasteiger partial charge in [0.1, 0.15) is 0 Å². The lowest BCUT2D eigenvalue weighted by Crippen LogP contribution is -2.13. The van der Waals surface area contributed by atoms with Gasteiger partial charge in [0, 0.05) is 45.8 Å². The number of benzene rings is 2. The molecule has 0 saturated heterocycles. The van der Waals surface area contributed by atoms with Crippen molar-refractivity contribution in [3.63, 3.8) is 0 Å². The molecule has 0 spiro atoms. The van der Waals surface area contributed by atoms with Crippen molar-refractivity contribution in [2.75, 3.05) is 4.72 Å². The highest BCUT2D eigenvalue weighted by atomic mass is 32.2. The molecule has 3 aromatic heterocycles. The second-order valence-corrected chi connectivity index (χ2v) is 7.92. The highest BCUT2D eigenvalue weighted by Gasteiger charge is 2.17. The summed E-state index contributed by atoms with van der Waals surface area (Å²) in [4.78, 5) is 11.9. The van der Waals surface area contributed by atoms with Gasteiger partial charge in [0.15, 0.2) is 0 Å². The van der Waals surface area contributed by atoms with Crippen LogP contribution in [0.25, 0.3) is 32.7 Å². The summed E-state index contributed by atoms with van der Waals surface area (Å²) in [6.45, 7) is 0. The van der Waals surface area contributed by atoms with E-state index in [1.54, 1.807) is 55.0 Å². The first kappa shape index (κ1) is 15.8. The van der Waals surface area contributed by atoms with E-state index in [0.29, 0.717) is 5.69 Å². The molecule has 0 atom stereocenters. The highest BCUT2D eigenvalue weighted by molar-refractivity contribution is 7.92. The van der Waals surface area contributed by atoms with Crippen LogP contribution in [0.2, 0.25) is 0 Å². The minimum Gasteiger partial charge on any atom is -0.354 e. The van der Waals surface area contributed by atoms with Gasteiger partial charge in [-0.15, -0.1) is 0 Å². The van der Waals surface area contributed by atoms with E-state index in [1.807, 2.05) is 18.2 Å². The van der Waals surface area contributed by atoms with Gasteiger partial charge >= 0.3 is 0 Å². The van der Waals surface area contributed by atoms with Crippen LogP contribution in [0.1, 0.15) is 0 Å². The summed E-state index contributed by atoms with van der Waals surface area (Å²) >= 11 is 0. The van der Waals surface area contributed by atoms with Crippen molar-refractivity contribution < 1.29 is 8.42 Å². The van der Waals surface area contributed by atoms with E-state index in [2.05, 4.69) is 19.7 Å². The first-order valence-electron chi connectivity index (χ1n) is 8.34. The molecule has 0 aliphatic heterocycles. The maximum Gasteiger partial charge on any atom is 0.261 e. The summed E-state index contributed by atoms with van der Waals surface area (Å²) < 4.78 is 28.7. The van der Waals surface area contributed by atoms with Crippen molar-refractivity contribution in [2.24, 2.45) is 0 Å². The number of nitrogens with zero attached hydrogens (tertiary/aromatic N) is 2. The van der Waals surface area contributed by atoms with Crippen LogP contribution in [0.15, 0.2) is 78.1 Å². The third-order valence-corrected chi connectivity index (χ3v) is 5.94. The quantitative estimate of drug-likeness (QED) is 0.498. The molecule has 0 saturated carbocycles. The lowest BCUT2D eigenvalue weighted by atomic mass is 10.2. The fraction of sp³-hybridized carbons (Fsp3) is 0. The number of pyridine rings is 2. The van der Waals surface area contributed by atoms with Crippen LogP contribution in [-0.4, -0.2) is 23.4 Å². The molecule has 0 radical (unpaired) electrons. The van der Waals surface area contributed by atoms with E-state index in [-0.39, 0.29) is 4.90 Å². The normalized spacial score (nSPS) is 12.0. The SMILES string of the molecule is O=S(=O)(Nc1cccc2ncccc12)c1ccc2[nH]c3ccncc3c2c1. The van der Waals surface area contributed by atoms with Crippen molar-refractivity contribution in [3.05, 3.63) is 73.2 Å². The average molecular weight is 374 g/mol. The molecule has 27 heavy (non-hydrogen) atoms. The van der Waals surface area contributed by atoms with E-state index in [1.165, 1.54) is 0 Å². The van der Waals surface area contributed by atoms with Crippen molar-refractivity contribution in [2.45, 2.75) is 4.90 Å². The maximum atomic E-state index is 13.0. The summed E-state index contributed by atoms with van der Waals surface area (Å²) in [6.07, 6.45) is 5.11. The molecule has 5 rings (SSSR count). The van der Waals surface area contributed by atoms with Crippen LogP contribution in [0.5, 0.6) is 0 Å². The molecular formula is C20H14N4O2S. The smallest absolute Gasteiger partial charge is 0.261 e. The fourth-order valence-corrected chi connectivity index (χ4v) is 4.39. The Balaban J connectivity index is 1.63. The lowest BCUT2D eigenvalue weighted by Gasteiger charge is -2.10. The number of fused-ring (bicyclic) bond motifs is 4. The second-order valence-electron chi connectivity index (χ2n) is 6.23. The topological polar surface area (TPSA) is 87.7 Å². The molecule has 0 aliphatic carbocycles. The predicted octanol–water partition coefficient (Wildman–Crippen LogP) is 4.07. The van der Waals surface area contributed by atoms with Crippen molar-refractivity contribution >= 4 is 48.4 Å². The van der Waals surface area contributed by atoms with E-state index < -0.39 is 10.0 Å². The van der Waals surface area contributed by atoms with E-state index in [0.717, 1.165) is 32.7 Å². The Morgan fingerprint density at radius 3 is 2.67 bits per heavy atom. The van der Waals surface area contributed by atoms with Crippen LogP contribution in [0, 0.1) is 0 Å². The Kier molecular flexibility index (Phi) is 3.38. The number of hydrogen-bond acceptors (Lipinski definition) is 4. The Morgan fingerprint density at radius 2 is 1.74 bits per heavy atom. The van der Waals surface area contributed by atoms with Crippen LogP contribution >= 0.6 is 0 Å². The van der Waals surface area contributed by atoms with Gasteiger partial charge in [-0.3, -0.25) is 14.7 Å². The summed E-state index contributed by atoms with van der Waals surface area (Å²) in [7, 11) is -3.75. The van der Waals surface area contributed by atoms with Crippen LogP contribution < -0.4 is 4.72 Å². The number of aromatic nitrogens is 3. The molecule has 6 nitrogen and oxygen atoms in total. The Hall–Kier alpha value is -3.45. The molecule has 2 aromatic carbocycles. The number of hydrogen-bond donors (Lipinski definition) is 2. The number of H-pyrrole nitrogens is 1. The molecule has 0 fully saturated rings. The molecule has 0 unspecified atom stereocenters. The number of nitrogens with one attached hydrogen (secondary N) is 2. The van der Waals surface area contributed by atoms with Gasteiger partial charge in [0.25, 0.3) is 10.0 Å². The van der Waals surface area contributed by atoms with Crippen LogP contribution in [0.4, 0.5) is 5.69 Å². The number of sulfonamides is 1. The number of aromatic amines is 1. The second kappa shape index (κ2) is 5.78. The van der Waals surface area contributed by atoms with E-state index >= 15 is 0 Å². The summed E-state index contributed by atoms with van der Waals surface area (Å²) in [5, 5.41) is 2.46. The zero-order chi connectivity index (χ0) is 18.4. The van der Waals surface area contributed by atoms with Gasteiger partial charge in [-0.05, 0) is 48.5 Å². The predicted molar refractivity (Wildman–Crippen MR) is 106 cm³/mol. The molecule has 0 aliphatic rings. The largest absolute Gasteiger partial charge is 0.354 e. The van der Waals surface area contributed by atoms with Crippen molar-refractivity contribution in [3.8, 4) is 0 Å². The highest BCUT2D eigenvalue weighted by Crippen LogP contribution is 2.29. The summed E-state index contributed by atoms with van der Waals surface area (Å²) in [5.74, 6) is 0. The Bertz CT molecular complexity index is 1420. The van der Waals surface area contributed by atoms with Crippen LogP contribution in [0.3, 0.4) is 0 Å². The third kappa shape index (κ3) is 2.60. The summed E-state index contributed by atoms with van der Waals surface area (Å²) in [6, 6.07) is 15.9. The van der Waals surface area contributed by atoms with Gasteiger partial charge in [-0.25, -0.2) is 8.42 Å². The van der Waals surface area contributed by atoms with Gasteiger partial charge in [0.2, 0.25) is 0 Å². The average Bonchev–Trinajstić information content (AvgIpc) is 3.06. The standard InChI is InChI=1S/C20H14N4O2S/c25-27(26,24-20-5-1-4-17-14(20)3-2-9-22-17)13-6-7-18-15(11-13)16-12-21-10-8-19(16)23-18/h1-12,23-24H. The van der Waals surface area contributed by atoms with E-state index in [4.69, 9.17) is 0 Å². The lowest BCUT2D eigenvalue weighted by molar-refractivity contribution is 0.601. The molecule has 7 heteroatoms. The Morgan fingerprint density at radius 1 is 0.852 bits per heavy atom. The molecule has 3 heterocycles. The maximum absolute atomic E-state index is 13.0. The molecular weight excluding hydrogens is 360 g/mol. The van der Waals surface area contributed by atoms with Gasteiger partial charge in [-0.2, -0.15) is 0 Å². The van der Waals surface area contributed by atoms with Gasteiger partial charge in [0.05, 0.1) is 16.1 Å². The molecule has 5 aromatic rings. The molecule has 0 bridgehead atoms. The molecule has 0 amide bonds. The minimum absolute atomic E-state index is 0.195. The van der Waals surface area contributed by atoms with E-state index in [9.17, 15) is 8.42 Å². The first-order valence-corrected chi connectivity index (χ1v) is 9.82. The van der Waals surface area contributed by atoms with Gasteiger partial charge < -0.3 is 4.98 Å². The van der Waals surface area contributed by atoms with Crippen molar-refractivity contribution in [1.82, 2.24) is 15.0 Å². The van der Waals surface area contributed by atoms with Gasteiger partial charge in [-0.1, -0.05) is 6.07 Å². The van der Waals surface area contributed by atoms with Crippen LogP contribution in [-0.2, 0) is 10.0 Å². The Labute approximate surface area is 154 Å². The van der Waals surface area contributed by atoms with Crippen molar-refractivity contribution in [1.29, 1.82) is 0 Å². The monoisotopic (exact) mass is 374 g/mol.